The van der Waals surface area contributed by atoms with Crippen LogP contribution in [0.15, 0.2) is 25.0 Å². The van der Waals surface area contributed by atoms with Gasteiger partial charge >= 0.3 is 0 Å². The van der Waals surface area contributed by atoms with Gasteiger partial charge in [0, 0.05) is 31.7 Å². The normalized spacial score (nSPS) is 18.6. The quantitative estimate of drug-likeness (QED) is 0.852. The van der Waals surface area contributed by atoms with E-state index in [1.54, 1.807) is 19.0 Å². The number of aromatic nitrogens is 5. The van der Waals surface area contributed by atoms with Gasteiger partial charge in [-0.25, -0.2) is 9.97 Å². The minimum atomic E-state index is 0.404. The number of hydrogen-bond acceptors (Lipinski definition) is 6. The fourth-order valence-corrected chi connectivity index (χ4v) is 2.11. The Labute approximate surface area is 111 Å². The van der Waals surface area contributed by atoms with E-state index >= 15 is 0 Å². The first-order valence-corrected chi connectivity index (χ1v) is 6.38. The number of nitrogens with zero attached hydrogens (tertiary/aromatic N) is 5. The molecule has 19 heavy (non-hydrogen) atoms. The SMILES string of the molecule is c1nc(NCCn2cnnc2)cc([C@@H]2CCOC2)n1. The molecule has 0 spiro atoms. The van der Waals surface area contributed by atoms with Gasteiger partial charge in [0.05, 0.1) is 12.3 Å². The Morgan fingerprint density at radius 3 is 3.00 bits per heavy atom. The van der Waals surface area contributed by atoms with Crippen LogP contribution in [0.3, 0.4) is 0 Å². The number of rotatable bonds is 5. The van der Waals surface area contributed by atoms with Crippen molar-refractivity contribution in [2.75, 3.05) is 25.1 Å². The second-order valence-corrected chi connectivity index (χ2v) is 4.52. The summed E-state index contributed by atoms with van der Waals surface area (Å²) in [4.78, 5) is 8.55. The Morgan fingerprint density at radius 2 is 2.21 bits per heavy atom. The summed E-state index contributed by atoms with van der Waals surface area (Å²) in [6.07, 6.45) is 6.04. The molecular weight excluding hydrogens is 244 g/mol. The topological polar surface area (TPSA) is 77.8 Å². The monoisotopic (exact) mass is 260 g/mol. The summed E-state index contributed by atoms with van der Waals surface area (Å²) in [7, 11) is 0. The average Bonchev–Trinajstić information content (AvgIpc) is 3.12. The second-order valence-electron chi connectivity index (χ2n) is 4.52. The van der Waals surface area contributed by atoms with Crippen molar-refractivity contribution in [3.05, 3.63) is 30.7 Å². The zero-order chi connectivity index (χ0) is 12.9. The zero-order valence-corrected chi connectivity index (χ0v) is 10.6. The molecule has 3 rings (SSSR count). The molecule has 1 aliphatic rings. The first kappa shape index (κ1) is 12.0. The van der Waals surface area contributed by atoms with E-state index in [4.69, 9.17) is 4.74 Å². The highest BCUT2D eigenvalue weighted by Gasteiger charge is 2.19. The predicted octanol–water partition coefficient (Wildman–Crippen LogP) is 0.684. The van der Waals surface area contributed by atoms with Crippen LogP contribution in [0.1, 0.15) is 18.0 Å². The third-order valence-corrected chi connectivity index (χ3v) is 3.18. The Bertz CT molecular complexity index is 509. The van der Waals surface area contributed by atoms with E-state index in [1.807, 2.05) is 10.6 Å². The largest absolute Gasteiger partial charge is 0.381 e. The minimum absolute atomic E-state index is 0.404. The van der Waals surface area contributed by atoms with Gasteiger partial charge in [-0.2, -0.15) is 0 Å². The van der Waals surface area contributed by atoms with E-state index < -0.39 is 0 Å². The lowest BCUT2D eigenvalue weighted by Crippen LogP contribution is -2.11. The summed E-state index contributed by atoms with van der Waals surface area (Å²) in [6, 6.07) is 2.01. The number of nitrogens with one attached hydrogen (secondary N) is 1. The van der Waals surface area contributed by atoms with E-state index in [0.29, 0.717) is 5.92 Å². The molecule has 0 saturated carbocycles. The second kappa shape index (κ2) is 5.75. The van der Waals surface area contributed by atoms with Crippen LogP contribution in [0.25, 0.3) is 0 Å². The third kappa shape index (κ3) is 3.05. The highest BCUT2D eigenvalue weighted by molar-refractivity contribution is 5.35. The summed E-state index contributed by atoms with van der Waals surface area (Å²) in [5.74, 6) is 1.26. The number of hydrogen-bond donors (Lipinski definition) is 1. The van der Waals surface area contributed by atoms with Gasteiger partial charge in [-0.15, -0.1) is 10.2 Å². The Morgan fingerprint density at radius 1 is 1.32 bits per heavy atom. The summed E-state index contributed by atoms with van der Waals surface area (Å²) in [6.45, 7) is 3.16. The molecule has 0 unspecified atom stereocenters. The Kier molecular flexibility index (Phi) is 3.64. The highest BCUT2D eigenvalue weighted by atomic mass is 16.5. The van der Waals surface area contributed by atoms with Gasteiger partial charge in [0.2, 0.25) is 0 Å². The molecule has 2 aromatic rings. The van der Waals surface area contributed by atoms with Gasteiger partial charge < -0.3 is 14.6 Å². The van der Waals surface area contributed by atoms with Gasteiger partial charge in [0.1, 0.15) is 24.8 Å². The third-order valence-electron chi connectivity index (χ3n) is 3.18. The standard InChI is InChI=1S/C12H16N6O/c1-4-19-6-10(1)11-5-12(15-7-14-11)13-2-3-18-8-16-17-9-18/h5,7-10H,1-4,6H2,(H,13,14,15)/t10-/m1/s1. The molecule has 1 atom stereocenters. The van der Waals surface area contributed by atoms with Crippen molar-refractivity contribution in [1.29, 1.82) is 0 Å². The molecule has 0 bridgehead atoms. The van der Waals surface area contributed by atoms with E-state index in [-0.39, 0.29) is 0 Å². The van der Waals surface area contributed by atoms with Crippen LogP contribution in [0, 0.1) is 0 Å². The van der Waals surface area contributed by atoms with E-state index in [1.165, 1.54) is 0 Å². The van der Waals surface area contributed by atoms with Gasteiger partial charge in [0.25, 0.3) is 0 Å². The molecule has 7 heteroatoms. The van der Waals surface area contributed by atoms with Crippen LogP contribution >= 0.6 is 0 Å². The fraction of sp³-hybridized carbons (Fsp3) is 0.500. The molecule has 2 aromatic heterocycles. The lowest BCUT2D eigenvalue weighted by Gasteiger charge is -2.09. The first-order valence-electron chi connectivity index (χ1n) is 6.38. The van der Waals surface area contributed by atoms with Gasteiger partial charge in [0.15, 0.2) is 0 Å². The van der Waals surface area contributed by atoms with Crippen molar-refractivity contribution < 1.29 is 4.74 Å². The summed E-state index contributed by atoms with van der Waals surface area (Å²) < 4.78 is 7.30. The van der Waals surface area contributed by atoms with Crippen LogP contribution in [-0.2, 0) is 11.3 Å². The molecule has 1 N–H and O–H groups in total. The Hall–Kier alpha value is -2.02. The van der Waals surface area contributed by atoms with E-state index in [9.17, 15) is 0 Å². The molecular formula is C12H16N6O. The van der Waals surface area contributed by atoms with Crippen LogP contribution in [0.5, 0.6) is 0 Å². The molecule has 100 valence electrons. The molecule has 3 heterocycles. The fourth-order valence-electron chi connectivity index (χ4n) is 2.11. The smallest absolute Gasteiger partial charge is 0.129 e. The maximum absolute atomic E-state index is 5.38. The van der Waals surface area contributed by atoms with Gasteiger partial charge in [-0.3, -0.25) is 0 Å². The summed E-state index contributed by atoms with van der Waals surface area (Å²) >= 11 is 0. The average molecular weight is 260 g/mol. The molecule has 1 aliphatic heterocycles. The maximum Gasteiger partial charge on any atom is 0.129 e. The van der Waals surface area contributed by atoms with Crippen LogP contribution in [-0.4, -0.2) is 44.5 Å². The summed E-state index contributed by atoms with van der Waals surface area (Å²) in [5, 5.41) is 10.8. The molecule has 7 nitrogen and oxygen atoms in total. The van der Waals surface area contributed by atoms with Crippen LogP contribution in [0.2, 0.25) is 0 Å². The molecule has 1 fully saturated rings. The maximum atomic E-state index is 5.38. The molecule has 1 saturated heterocycles. The van der Waals surface area contributed by atoms with Crippen molar-refractivity contribution in [3.63, 3.8) is 0 Å². The molecule has 0 amide bonds. The van der Waals surface area contributed by atoms with E-state index in [2.05, 4.69) is 25.5 Å². The Balaban J connectivity index is 1.56. The van der Waals surface area contributed by atoms with Crippen LogP contribution < -0.4 is 5.32 Å². The van der Waals surface area contributed by atoms with Gasteiger partial charge in [-0.05, 0) is 6.42 Å². The molecule has 0 aliphatic carbocycles. The van der Waals surface area contributed by atoms with Crippen molar-refractivity contribution in [3.8, 4) is 0 Å². The number of ether oxygens (including phenoxy) is 1. The predicted molar refractivity (Wildman–Crippen MR) is 68.7 cm³/mol. The first-order chi connectivity index (χ1) is 9.42. The van der Waals surface area contributed by atoms with Gasteiger partial charge in [-0.1, -0.05) is 0 Å². The molecule has 0 aromatic carbocycles. The van der Waals surface area contributed by atoms with E-state index in [0.717, 1.165) is 44.2 Å². The molecule has 0 radical (unpaired) electrons. The lowest BCUT2D eigenvalue weighted by molar-refractivity contribution is 0.193. The van der Waals surface area contributed by atoms with Crippen molar-refractivity contribution in [2.45, 2.75) is 18.9 Å². The van der Waals surface area contributed by atoms with Crippen molar-refractivity contribution in [1.82, 2.24) is 24.7 Å². The zero-order valence-electron chi connectivity index (χ0n) is 10.6. The minimum Gasteiger partial charge on any atom is -0.381 e. The van der Waals surface area contributed by atoms with Crippen molar-refractivity contribution >= 4 is 5.82 Å². The summed E-state index contributed by atoms with van der Waals surface area (Å²) in [5.41, 5.74) is 1.05. The number of anilines is 1. The lowest BCUT2D eigenvalue weighted by atomic mass is 10.1. The van der Waals surface area contributed by atoms with Crippen LogP contribution in [0.4, 0.5) is 5.82 Å². The highest BCUT2D eigenvalue weighted by Crippen LogP contribution is 2.24. The van der Waals surface area contributed by atoms with Crippen molar-refractivity contribution in [2.24, 2.45) is 0 Å².